The summed E-state index contributed by atoms with van der Waals surface area (Å²) in [6, 6.07) is 2.00. The van der Waals surface area contributed by atoms with Gasteiger partial charge in [0.05, 0.1) is 30.8 Å². The van der Waals surface area contributed by atoms with Crippen LogP contribution in [0.5, 0.6) is 0 Å². The minimum atomic E-state index is -0.292. The van der Waals surface area contributed by atoms with Crippen molar-refractivity contribution in [2.24, 2.45) is 7.05 Å². The molecule has 1 N–H and O–H groups in total. The van der Waals surface area contributed by atoms with Crippen LogP contribution in [0.3, 0.4) is 0 Å². The summed E-state index contributed by atoms with van der Waals surface area (Å²) in [5, 5.41) is 6.56. The maximum absolute atomic E-state index is 13.9. The highest BCUT2D eigenvalue weighted by atomic mass is 19.1. The number of pyridine rings is 1. The number of nitrogens with zero attached hydrogens (tertiary/aromatic N) is 6. The number of aryl methyl sites for hydroxylation is 1. The molecule has 0 bridgehead atoms. The minimum absolute atomic E-state index is 0.0666. The monoisotopic (exact) mass is 423 g/mol. The van der Waals surface area contributed by atoms with E-state index in [0.717, 1.165) is 28.2 Å². The normalized spacial score (nSPS) is 18.1. The van der Waals surface area contributed by atoms with Gasteiger partial charge in [0.2, 0.25) is 5.95 Å². The molecule has 1 fully saturated rings. The number of aromatic nitrogens is 5. The topological polar surface area (TPSA) is 92.2 Å². The van der Waals surface area contributed by atoms with Crippen LogP contribution in [0.1, 0.15) is 34.0 Å². The Balaban J connectivity index is 1.29. The summed E-state index contributed by atoms with van der Waals surface area (Å²) < 4.78 is 21.1. The Bertz CT molecular complexity index is 1230. The van der Waals surface area contributed by atoms with E-state index in [4.69, 9.17) is 14.7 Å². The first-order valence-electron chi connectivity index (χ1n) is 10.4. The van der Waals surface area contributed by atoms with Crippen molar-refractivity contribution in [1.82, 2.24) is 24.7 Å². The van der Waals surface area contributed by atoms with E-state index >= 15 is 0 Å². The van der Waals surface area contributed by atoms with Crippen LogP contribution in [0.15, 0.2) is 23.3 Å². The van der Waals surface area contributed by atoms with Gasteiger partial charge in [-0.2, -0.15) is 10.1 Å². The quantitative estimate of drug-likeness (QED) is 0.678. The Labute approximate surface area is 177 Å². The fourth-order valence-electron chi connectivity index (χ4n) is 4.66. The molecule has 6 heterocycles. The largest absolute Gasteiger partial charge is 0.370 e. The molecule has 0 amide bonds. The van der Waals surface area contributed by atoms with E-state index in [0.29, 0.717) is 57.5 Å². The Morgan fingerprint density at radius 3 is 2.87 bits per heavy atom. The second kappa shape index (κ2) is 6.88. The van der Waals surface area contributed by atoms with Gasteiger partial charge in [0.25, 0.3) is 5.56 Å². The van der Waals surface area contributed by atoms with Crippen LogP contribution in [-0.4, -0.2) is 44.4 Å². The van der Waals surface area contributed by atoms with Gasteiger partial charge in [0.1, 0.15) is 5.82 Å². The zero-order chi connectivity index (χ0) is 21.1. The average molecular weight is 423 g/mol. The lowest BCUT2D eigenvalue weighted by atomic mass is 9.95. The summed E-state index contributed by atoms with van der Waals surface area (Å²) in [6.45, 7) is 3.58. The van der Waals surface area contributed by atoms with E-state index in [-0.39, 0.29) is 17.3 Å². The molecular formula is C21H22FN7O2. The van der Waals surface area contributed by atoms with Crippen molar-refractivity contribution in [3.05, 3.63) is 62.7 Å². The Morgan fingerprint density at radius 2 is 2.06 bits per heavy atom. The molecule has 0 aromatic carbocycles. The predicted molar refractivity (Wildman–Crippen MR) is 110 cm³/mol. The number of hydrogen-bond acceptors (Lipinski definition) is 7. The van der Waals surface area contributed by atoms with Crippen LogP contribution in [0.4, 0.5) is 16.2 Å². The fraction of sp³-hybridized carbons (Fsp3) is 0.429. The number of ether oxygens (including phenoxy) is 1. The SMILES string of the molecule is Cn1ccc2c(c1=O)CCN(c1nc3c(c(N4CC(c5[nH]ncc5F)C4)n1)COC3)C2. The predicted octanol–water partition coefficient (Wildman–Crippen LogP) is 1.23. The first-order valence-corrected chi connectivity index (χ1v) is 10.4. The van der Waals surface area contributed by atoms with Gasteiger partial charge in [-0.3, -0.25) is 9.89 Å². The van der Waals surface area contributed by atoms with Crippen molar-refractivity contribution in [3.63, 3.8) is 0 Å². The number of anilines is 2. The molecule has 0 atom stereocenters. The van der Waals surface area contributed by atoms with Crippen molar-refractivity contribution in [1.29, 1.82) is 0 Å². The van der Waals surface area contributed by atoms with Crippen LogP contribution in [0, 0.1) is 5.82 Å². The first kappa shape index (κ1) is 18.5. The van der Waals surface area contributed by atoms with Gasteiger partial charge < -0.3 is 19.1 Å². The fourth-order valence-corrected chi connectivity index (χ4v) is 4.66. The van der Waals surface area contributed by atoms with E-state index in [1.54, 1.807) is 11.6 Å². The zero-order valence-corrected chi connectivity index (χ0v) is 17.1. The molecular weight excluding hydrogens is 401 g/mol. The highest BCUT2D eigenvalue weighted by Gasteiger charge is 2.36. The molecule has 0 unspecified atom stereocenters. The second-order valence-corrected chi connectivity index (χ2v) is 8.41. The summed E-state index contributed by atoms with van der Waals surface area (Å²) in [5.74, 6) is 1.29. The zero-order valence-electron chi connectivity index (χ0n) is 17.1. The van der Waals surface area contributed by atoms with Gasteiger partial charge in [0, 0.05) is 56.5 Å². The molecule has 10 heteroatoms. The van der Waals surface area contributed by atoms with E-state index in [2.05, 4.69) is 20.0 Å². The van der Waals surface area contributed by atoms with E-state index < -0.39 is 0 Å². The number of rotatable bonds is 3. The lowest BCUT2D eigenvalue weighted by molar-refractivity contribution is 0.133. The van der Waals surface area contributed by atoms with Crippen molar-refractivity contribution in [2.75, 3.05) is 29.4 Å². The standard InChI is InChI=1S/C21H22FN7O2/c1-27-4-2-12-7-28(5-3-14(12)20(27)30)21-24-17-11-31-10-15(17)19(25-21)29-8-13(9-29)18-16(22)6-23-26-18/h2,4,6,13H,3,5,7-11H2,1H3,(H,23,26). The summed E-state index contributed by atoms with van der Waals surface area (Å²) in [5.41, 5.74) is 4.43. The minimum Gasteiger partial charge on any atom is -0.370 e. The smallest absolute Gasteiger partial charge is 0.253 e. The number of hydrogen-bond donors (Lipinski definition) is 1. The summed E-state index contributed by atoms with van der Waals surface area (Å²) in [6.07, 6.45) is 3.69. The Kier molecular flexibility index (Phi) is 4.10. The molecule has 3 aromatic heterocycles. The first-order chi connectivity index (χ1) is 15.1. The van der Waals surface area contributed by atoms with Crippen molar-refractivity contribution in [3.8, 4) is 0 Å². The van der Waals surface area contributed by atoms with E-state index in [1.807, 2.05) is 12.3 Å². The highest BCUT2D eigenvalue weighted by Crippen LogP contribution is 2.37. The number of fused-ring (bicyclic) bond motifs is 2. The van der Waals surface area contributed by atoms with Gasteiger partial charge >= 0.3 is 0 Å². The van der Waals surface area contributed by atoms with Gasteiger partial charge in [-0.25, -0.2) is 9.37 Å². The number of halogens is 1. The van der Waals surface area contributed by atoms with Crippen LogP contribution in [-0.2, 0) is 38.0 Å². The molecule has 1 saturated heterocycles. The summed E-state index contributed by atoms with van der Waals surface area (Å²) in [7, 11) is 1.78. The molecule has 6 rings (SSSR count). The third kappa shape index (κ3) is 2.93. The lowest BCUT2D eigenvalue weighted by Crippen LogP contribution is -2.46. The second-order valence-electron chi connectivity index (χ2n) is 8.41. The highest BCUT2D eigenvalue weighted by molar-refractivity contribution is 5.57. The van der Waals surface area contributed by atoms with Gasteiger partial charge in [-0.1, -0.05) is 0 Å². The van der Waals surface area contributed by atoms with Gasteiger partial charge in [-0.15, -0.1) is 0 Å². The molecule has 3 aromatic rings. The summed E-state index contributed by atoms with van der Waals surface area (Å²) >= 11 is 0. The Morgan fingerprint density at radius 1 is 1.19 bits per heavy atom. The molecule has 9 nitrogen and oxygen atoms in total. The molecule has 0 radical (unpaired) electrons. The number of H-pyrrole nitrogens is 1. The van der Waals surface area contributed by atoms with E-state index in [1.165, 1.54) is 6.20 Å². The molecule has 0 aliphatic carbocycles. The lowest BCUT2D eigenvalue weighted by Gasteiger charge is -2.40. The van der Waals surface area contributed by atoms with E-state index in [9.17, 15) is 9.18 Å². The van der Waals surface area contributed by atoms with Crippen LogP contribution in [0.2, 0.25) is 0 Å². The van der Waals surface area contributed by atoms with Crippen molar-refractivity contribution in [2.45, 2.75) is 32.1 Å². The third-order valence-electron chi connectivity index (χ3n) is 6.50. The van der Waals surface area contributed by atoms with Gasteiger partial charge in [-0.05, 0) is 18.1 Å². The maximum Gasteiger partial charge on any atom is 0.253 e. The molecule has 31 heavy (non-hydrogen) atoms. The molecule has 160 valence electrons. The Hall–Kier alpha value is -3.27. The van der Waals surface area contributed by atoms with Crippen LogP contribution >= 0.6 is 0 Å². The summed E-state index contributed by atoms with van der Waals surface area (Å²) in [4.78, 5) is 26.4. The molecule has 3 aliphatic rings. The van der Waals surface area contributed by atoms with Gasteiger partial charge in [0.15, 0.2) is 5.82 Å². The third-order valence-corrected chi connectivity index (χ3v) is 6.50. The van der Waals surface area contributed by atoms with Crippen LogP contribution in [0.25, 0.3) is 0 Å². The average Bonchev–Trinajstić information content (AvgIpc) is 3.38. The maximum atomic E-state index is 13.9. The number of nitrogens with one attached hydrogen (secondary N) is 1. The number of aromatic amines is 1. The molecule has 0 spiro atoms. The molecule has 0 saturated carbocycles. The van der Waals surface area contributed by atoms with Crippen molar-refractivity contribution >= 4 is 11.8 Å². The molecule has 3 aliphatic heterocycles. The van der Waals surface area contributed by atoms with Crippen LogP contribution < -0.4 is 15.4 Å². The van der Waals surface area contributed by atoms with Crippen molar-refractivity contribution < 1.29 is 9.13 Å².